The van der Waals surface area contributed by atoms with Crippen LogP contribution in [0.5, 0.6) is 0 Å². The predicted octanol–water partition coefficient (Wildman–Crippen LogP) is 2.10. The summed E-state index contributed by atoms with van der Waals surface area (Å²) in [6.07, 6.45) is 8.79. The first-order valence-electron chi connectivity index (χ1n) is 9.21. The van der Waals surface area contributed by atoms with Gasteiger partial charge in [0.15, 0.2) is 5.13 Å². The molecule has 0 spiro atoms. The molecule has 0 atom stereocenters. The Hall–Kier alpha value is -2.22. The number of nitrogens with one attached hydrogen (secondary N) is 1. The van der Waals surface area contributed by atoms with Crippen molar-refractivity contribution in [3.05, 3.63) is 43.7 Å². The summed E-state index contributed by atoms with van der Waals surface area (Å²) in [6, 6.07) is -0.0390. The Morgan fingerprint density at radius 1 is 1.19 bits per heavy atom. The number of thiazole rings is 1. The molecule has 0 aliphatic heterocycles. The average molecular weight is 374 g/mol. The van der Waals surface area contributed by atoms with Crippen molar-refractivity contribution in [1.29, 1.82) is 0 Å². The molecule has 0 saturated heterocycles. The van der Waals surface area contributed by atoms with E-state index in [0.717, 1.165) is 49.8 Å². The van der Waals surface area contributed by atoms with Gasteiger partial charge in [0.2, 0.25) is 5.91 Å². The lowest BCUT2D eigenvalue weighted by Crippen LogP contribution is -2.46. The van der Waals surface area contributed by atoms with E-state index in [2.05, 4.69) is 10.3 Å². The van der Waals surface area contributed by atoms with E-state index in [4.69, 9.17) is 0 Å². The van der Waals surface area contributed by atoms with E-state index in [1.165, 1.54) is 20.5 Å². The van der Waals surface area contributed by atoms with Crippen LogP contribution in [0.3, 0.4) is 0 Å². The second-order valence-corrected chi connectivity index (χ2v) is 7.89. The first kappa shape index (κ1) is 17.2. The number of anilines is 1. The van der Waals surface area contributed by atoms with Gasteiger partial charge in [0.25, 0.3) is 5.56 Å². The summed E-state index contributed by atoms with van der Waals surface area (Å²) in [7, 11) is 0. The summed E-state index contributed by atoms with van der Waals surface area (Å²) in [5.41, 5.74) is 0.987. The number of hydrogen-bond donors (Lipinski definition) is 1. The quantitative estimate of drug-likeness (QED) is 0.888. The van der Waals surface area contributed by atoms with Gasteiger partial charge in [-0.25, -0.2) is 9.78 Å². The zero-order chi connectivity index (χ0) is 18.1. The molecule has 7 nitrogen and oxygen atoms in total. The van der Waals surface area contributed by atoms with Crippen LogP contribution in [0.2, 0.25) is 0 Å². The van der Waals surface area contributed by atoms with Crippen LogP contribution < -0.4 is 16.6 Å². The molecule has 138 valence electrons. The van der Waals surface area contributed by atoms with Gasteiger partial charge in [-0.3, -0.25) is 18.7 Å². The molecule has 0 bridgehead atoms. The molecule has 8 heteroatoms. The van der Waals surface area contributed by atoms with E-state index >= 15 is 0 Å². The second-order valence-electron chi connectivity index (χ2n) is 7.00. The van der Waals surface area contributed by atoms with Gasteiger partial charge in [0.05, 0.1) is 0 Å². The number of aromatic nitrogens is 3. The van der Waals surface area contributed by atoms with Crippen LogP contribution in [-0.4, -0.2) is 20.0 Å². The number of fused-ring (bicyclic) bond motifs is 1. The Morgan fingerprint density at radius 3 is 2.73 bits per heavy atom. The van der Waals surface area contributed by atoms with Crippen LogP contribution in [0, 0.1) is 0 Å². The van der Waals surface area contributed by atoms with Crippen molar-refractivity contribution >= 4 is 22.4 Å². The minimum absolute atomic E-state index is 0.0390. The molecule has 1 saturated carbocycles. The highest BCUT2D eigenvalue weighted by atomic mass is 32.1. The van der Waals surface area contributed by atoms with Crippen molar-refractivity contribution in [1.82, 2.24) is 14.1 Å². The topological polar surface area (TPSA) is 86.0 Å². The third-order valence-electron chi connectivity index (χ3n) is 5.35. The van der Waals surface area contributed by atoms with Crippen LogP contribution in [0.25, 0.3) is 0 Å². The first-order valence-corrected chi connectivity index (χ1v) is 10.1. The monoisotopic (exact) mass is 374 g/mol. The maximum absolute atomic E-state index is 13.1. The zero-order valence-electron chi connectivity index (χ0n) is 14.6. The number of carbonyl (C=O) groups excluding carboxylic acids is 1. The Bertz CT molecular complexity index is 923. The molecule has 1 fully saturated rings. The van der Waals surface area contributed by atoms with Crippen LogP contribution in [0.1, 0.15) is 55.8 Å². The minimum atomic E-state index is -0.336. The van der Waals surface area contributed by atoms with Gasteiger partial charge >= 0.3 is 5.69 Å². The molecule has 1 N–H and O–H groups in total. The lowest BCUT2D eigenvalue weighted by molar-refractivity contribution is -0.116. The smallest absolute Gasteiger partial charge is 0.300 e. The van der Waals surface area contributed by atoms with Gasteiger partial charge in [-0.1, -0.05) is 19.3 Å². The summed E-state index contributed by atoms with van der Waals surface area (Å²) in [5, 5.41) is 5.02. The molecule has 2 aromatic rings. The van der Waals surface area contributed by atoms with Gasteiger partial charge in [-0.15, -0.1) is 11.3 Å². The predicted molar refractivity (Wildman–Crippen MR) is 99.9 cm³/mol. The number of nitrogens with zero attached hydrogens (tertiary/aromatic N) is 3. The number of hydrogen-bond acceptors (Lipinski definition) is 5. The molecule has 2 aliphatic rings. The molecule has 0 unspecified atom stereocenters. The van der Waals surface area contributed by atoms with Gasteiger partial charge in [-0.05, 0) is 32.1 Å². The van der Waals surface area contributed by atoms with Crippen molar-refractivity contribution in [3.63, 3.8) is 0 Å². The lowest BCUT2D eigenvalue weighted by Gasteiger charge is -2.25. The SMILES string of the molecule is O=C(Cn1c2c(c(=O)n(C3CCCCC3)c1=O)CCC2)Nc1nccs1. The summed E-state index contributed by atoms with van der Waals surface area (Å²) in [5.74, 6) is -0.287. The Balaban J connectivity index is 1.71. The third kappa shape index (κ3) is 3.13. The lowest BCUT2D eigenvalue weighted by atomic mass is 9.95. The van der Waals surface area contributed by atoms with Crippen molar-refractivity contribution in [2.24, 2.45) is 0 Å². The standard InChI is InChI=1S/C18H22N4O3S/c23-15(20-17-19-9-10-26-17)11-21-14-8-4-7-13(14)16(24)22(18(21)25)12-5-2-1-3-6-12/h9-10,12H,1-8,11H2,(H,19,20,23). The molecular formula is C18H22N4O3S. The fraction of sp³-hybridized carbons (Fsp3) is 0.556. The third-order valence-corrected chi connectivity index (χ3v) is 6.04. The van der Waals surface area contributed by atoms with Gasteiger partial charge < -0.3 is 5.32 Å². The first-order chi connectivity index (χ1) is 12.6. The number of carbonyl (C=O) groups is 1. The molecule has 4 rings (SSSR count). The van der Waals surface area contributed by atoms with Gasteiger partial charge in [0.1, 0.15) is 6.54 Å². The summed E-state index contributed by atoms with van der Waals surface area (Å²) in [4.78, 5) is 42.5. The fourth-order valence-corrected chi connectivity index (χ4v) is 4.69. The minimum Gasteiger partial charge on any atom is -0.300 e. The molecule has 2 aromatic heterocycles. The summed E-state index contributed by atoms with van der Waals surface area (Å²) >= 11 is 1.33. The average Bonchev–Trinajstić information content (AvgIpc) is 3.31. The van der Waals surface area contributed by atoms with Gasteiger partial charge in [-0.2, -0.15) is 0 Å². The van der Waals surface area contributed by atoms with Crippen LogP contribution >= 0.6 is 11.3 Å². The molecule has 26 heavy (non-hydrogen) atoms. The van der Waals surface area contributed by atoms with E-state index in [0.29, 0.717) is 18.0 Å². The molecule has 0 aromatic carbocycles. The van der Waals surface area contributed by atoms with Gasteiger partial charge in [0, 0.05) is 28.9 Å². The highest BCUT2D eigenvalue weighted by Gasteiger charge is 2.27. The molecule has 1 amide bonds. The zero-order valence-corrected chi connectivity index (χ0v) is 15.4. The second kappa shape index (κ2) is 7.19. The van der Waals surface area contributed by atoms with Crippen molar-refractivity contribution in [2.45, 2.75) is 64.0 Å². The normalized spacial score (nSPS) is 17.2. The molecule has 0 radical (unpaired) electrons. The Labute approximate surface area is 154 Å². The highest BCUT2D eigenvalue weighted by Crippen LogP contribution is 2.27. The number of rotatable bonds is 4. The van der Waals surface area contributed by atoms with Crippen LogP contribution in [0.4, 0.5) is 5.13 Å². The molecular weight excluding hydrogens is 352 g/mol. The van der Waals surface area contributed by atoms with Crippen molar-refractivity contribution in [3.8, 4) is 0 Å². The molecule has 2 heterocycles. The van der Waals surface area contributed by atoms with E-state index in [-0.39, 0.29) is 29.7 Å². The van der Waals surface area contributed by atoms with Crippen molar-refractivity contribution < 1.29 is 4.79 Å². The largest absolute Gasteiger partial charge is 0.331 e. The summed E-state index contributed by atoms with van der Waals surface area (Å²) < 4.78 is 2.95. The van der Waals surface area contributed by atoms with Crippen LogP contribution in [-0.2, 0) is 24.2 Å². The van der Waals surface area contributed by atoms with E-state index in [9.17, 15) is 14.4 Å². The maximum Gasteiger partial charge on any atom is 0.331 e. The fourth-order valence-electron chi connectivity index (χ4n) is 4.15. The Morgan fingerprint density at radius 2 is 2.00 bits per heavy atom. The van der Waals surface area contributed by atoms with E-state index in [1.54, 1.807) is 11.6 Å². The highest BCUT2D eigenvalue weighted by molar-refractivity contribution is 7.13. The maximum atomic E-state index is 13.1. The van der Waals surface area contributed by atoms with E-state index < -0.39 is 0 Å². The van der Waals surface area contributed by atoms with Crippen LogP contribution in [0.15, 0.2) is 21.2 Å². The molecule has 2 aliphatic carbocycles. The Kier molecular flexibility index (Phi) is 4.76. The number of amides is 1. The summed E-state index contributed by atoms with van der Waals surface area (Å²) in [6.45, 7) is -0.0756. The van der Waals surface area contributed by atoms with Crippen molar-refractivity contribution in [2.75, 3.05) is 5.32 Å². The van der Waals surface area contributed by atoms with E-state index in [1.807, 2.05) is 0 Å².